The van der Waals surface area contributed by atoms with Crippen molar-refractivity contribution >= 4 is 17.6 Å². The molecular weight excluding hydrogens is 278 g/mol. The molecule has 0 aliphatic carbocycles. The van der Waals surface area contributed by atoms with Gasteiger partial charge in [0, 0.05) is 18.1 Å². The number of carboxylic acid groups (broad SMARTS) is 1. The number of amides is 1. The van der Waals surface area contributed by atoms with Crippen molar-refractivity contribution in [2.45, 2.75) is 25.7 Å². The van der Waals surface area contributed by atoms with Gasteiger partial charge in [-0.15, -0.1) is 0 Å². The SMILES string of the molecule is CC[C@@H](C(=O)Nc1ccc(CC(=O)[O-])cc1)c1ccccc1. The number of benzene rings is 2. The zero-order valence-corrected chi connectivity index (χ0v) is 12.4. The molecule has 0 aliphatic rings. The second kappa shape index (κ2) is 7.41. The van der Waals surface area contributed by atoms with Crippen LogP contribution >= 0.6 is 0 Å². The van der Waals surface area contributed by atoms with E-state index >= 15 is 0 Å². The Morgan fingerprint density at radius 3 is 2.23 bits per heavy atom. The zero-order valence-electron chi connectivity index (χ0n) is 12.4. The minimum absolute atomic E-state index is 0.0682. The highest BCUT2D eigenvalue weighted by Gasteiger charge is 2.18. The summed E-state index contributed by atoms with van der Waals surface area (Å²) in [6, 6.07) is 16.4. The molecule has 2 aromatic rings. The largest absolute Gasteiger partial charge is 0.550 e. The quantitative estimate of drug-likeness (QED) is 0.887. The van der Waals surface area contributed by atoms with Crippen molar-refractivity contribution in [2.24, 2.45) is 0 Å². The highest BCUT2D eigenvalue weighted by molar-refractivity contribution is 5.95. The fraction of sp³-hybridized carbons (Fsp3) is 0.222. The van der Waals surface area contributed by atoms with Gasteiger partial charge >= 0.3 is 0 Å². The van der Waals surface area contributed by atoms with Gasteiger partial charge in [-0.2, -0.15) is 0 Å². The fourth-order valence-electron chi connectivity index (χ4n) is 2.36. The van der Waals surface area contributed by atoms with E-state index in [1.807, 2.05) is 37.3 Å². The van der Waals surface area contributed by atoms with Gasteiger partial charge in [0.25, 0.3) is 0 Å². The molecular formula is C18H18NO3-. The predicted molar refractivity (Wildman–Crippen MR) is 83.3 cm³/mol. The molecule has 4 heteroatoms. The van der Waals surface area contributed by atoms with E-state index in [1.165, 1.54) is 0 Å². The lowest BCUT2D eigenvalue weighted by Crippen LogP contribution is -2.24. The molecule has 4 nitrogen and oxygen atoms in total. The number of nitrogens with one attached hydrogen (secondary N) is 1. The van der Waals surface area contributed by atoms with E-state index in [0.29, 0.717) is 17.7 Å². The van der Waals surface area contributed by atoms with Crippen LogP contribution in [0.25, 0.3) is 0 Å². The Bertz CT molecular complexity index is 635. The third-order valence-corrected chi connectivity index (χ3v) is 3.50. The lowest BCUT2D eigenvalue weighted by molar-refractivity contribution is -0.304. The summed E-state index contributed by atoms with van der Waals surface area (Å²) in [7, 11) is 0. The van der Waals surface area contributed by atoms with Crippen LogP contribution in [-0.2, 0) is 16.0 Å². The first kappa shape index (κ1) is 15.8. The molecule has 0 bridgehead atoms. The van der Waals surface area contributed by atoms with Gasteiger partial charge in [0.05, 0.1) is 5.92 Å². The van der Waals surface area contributed by atoms with Gasteiger partial charge in [-0.05, 0) is 29.7 Å². The molecule has 0 heterocycles. The number of aliphatic carboxylic acids is 1. The van der Waals surface area contributed by atoms with Gasteiger partial charge in [-0.3, -0.25) is 4.79 Å². The number of carbonyl (C=O) groups excluding carboxylic acids is 2. The Balaban J connectivity index is 2.05. The predicted octanol–water partition coefficient (Wildman–Crippen LogP) is 2.11. The van der Waals surface area contributed by atoms with E-state index in [-0.39, 0.29) is 18.2 Å². The van der Waals surface area contributed by atoms with Gasteiger partial charge in [0.1, 0.15) is 0 Å². The van der Waals surface area contributed by atoms with Crippen molar-refractivity contribution in [3.63, 3.8) is 0 Å². The molecule has 1 amide bonds. The van der Waals surface area contributed by atoms with E-state index in [2.05, 4.69) is 5.32 Å². The normalized spacial score (nSPS) is 11.7. The van der Waals surface area contributed by atoms with E-state index in [4.69, 9.17) is 0 Å². The van der Waals surface area contributed by atoms with Crippen LogP contribution in [0.3, 0.4) is 0 Å². The molecule has 2 rings (SSSR count). The summed E-state index contributed by atoms with van der Waals surface area (Å²) in [6.07, 6.45) is 0.578. The van der Waals surface area contributed by atoms with Crippen molar-refractivity contribution in [1.82, 2.24) is 0 Å². The van der Waals surface area contributed by atoms with Crippen LogP contribution in [0.4, 0.5) is 5.69 Å². The monoisotopic (exact) mass is 296 g/mol. The molecule has 0 aromatic heterocycles. The minimum Gasteiger partial charge on any atom is -0.550 e. The Morgan fingerprint density at radius 1 is 1.05 bits per heavy atom. The summed E-state index contributed by atoms with van der Waals surface area (Å²) in [6.45, 7) is 1.97. The molecule has 0 saturated heterocycles. The van der Waals surface area contributed by atoms with Crippen LogP contribution in [0.1, 0.15) is 30.4 Å². The maximum absolute atomic E-state index is 12.4. The Labute approximate surface area is 129 Å². The molecule has 0 saturated carbocycles. The third-order valence-electron chi connectivity index (χ3n) is 3.50. The van der Waals surface area contributed by atoms with Crippen LogP contribution in [0.5, 0.6) is 0 Å². The summed E-state index contributed by atoms with van der Waals surface area (Å²) < 4.78 is 0. The molecule has 1 atom stereocenters. The average molecular weight is 296 g/mol. The molecule has 0 fully saturated rings. The van der Waals surface area contributed by atoms with Crippen LogP contribution in [0, 0.1) is 0 Å². The summed E-state index contributed by atoms with van der Waals surface area (Å²) in [5, 5.41) is 13.4. The molecule has 0 spiro atoms. The van der Waals surface area contributed by atoms with Crippen LogP contribution in [0.15, 0.2) is 54.6 Å². The first-order chi connectivity index (χ1) is 10.6. The van der Waals surface area contributed by atoms with Crippen LogP contribution in [0.2, 0.25) is 0 Å². The number of hydrogen-bond donors (Lipinski definition) is 1. The maximum atomic E-state index is 12.4. The number of carboxylic acids is 1. The molecule has 0 unspecified atom stereocenters. The lowest BCUT2D eigenvalue weighted by Gasteiger charge is -2.15. The van der Waals surface area contributed by atoms with E-state index < -0.39 is 5.97 Å². The molecule has 1 N–H and O–H groups in total. The van der Waals surface area contributed by atoms with Gasteiger partial charge < -0.3 is 15.2 Å². The van der Waals surface area contributed by atoms with Gasteiger partial charge in [-0.1, -0.05) is 49.4 Å². The number of anilines is 1. The molecule has 114 valence electrons. The lowest BCUT2D eigenvalue weighted by atomic mass is 9.95. The number of hydrogen-bond acceptors (Lipinski definition) is 3. The highest BCUT2D eigenvalue weighted by Crippen LogP contribution is 2.21. The number of rotatable bonds is 6. The maximum Gasteiger partial charge on any atom is 0.231 e. The van der Waals surface area contributed by atoms with E-state index in [9.17, 15) is 14.7 Å². The van der Waals surface area contributed by atoms with Crippen molar-refractivity contribution in [2.75, 3.05) is 5.32 Å². The molecule has 2 aromatic carbocycles. The second-order valence-corrected chi connectivity index (χ2v) is 5.11. The van der Waals surface area contributed by atoms with E-state index in [1.54, 1.807) is 24.3 Å². The second-order valence-electron chi connectivity index (χ2n) is 5.11. The third kappa shape index (κ3) is 4.19. The first-order valence-corrected chi connectivity index (χ1v) is 7.24. The smallest absolute Gasteiger partial charge is 0.231 e. The topological polar surface area (TPSA) is 69.2 Å². The van der Waals surface area contributed by atoms with Crippen LogP contribution in [-0.4, -0.2) is 11.9 Å². The van der Waals surface area contributed by atoms with Gasteiger partial charge in [0.2, 0.25) is 5.91 Å². The average Bonchev–Trinajstić information content (AvgIpc) is 2.50. The fourth-order valence-corrected chi connectivity index (χ4v) is 2.36. The molecule has 22 heavy (non-hydrogen) atoms. The van der Waals surface area contributed by atoms with Gasteiger partial charge in [0.15, 0.2) is 0 Å². The van der Waals surface area contributed by atoms with Gasteiger partial charge in [-0.25, -0.2) is 0 Å². The van der Waals surface area contributed by atoms with Crippen molar-refractivity contribution in [3.05, 3.63) is 65.7 Å². The Hall–Kier alpha value is -2.62. The summed E-state index contributed by atoms with van der Waals surface area (Å²) in [5.41, 5.74) is 2.28. The molecule has 0 radical (unpaired) electrons. The summed E-state index contributed by atoms with van der Waals surface area (Å²) in [4.78, 5) is 22.9. The highest BCUT2D eigenvalue weighted by atomic mass is 16.4. The Morgan fingerprint density at radius 2 is 1.68 bits per heavy atom. The summed E-state index contributed by atoms with van der Waals surface area (Å²) >= 11 is 0. The van der Waals surface area contributed by atoms with Crippen LogP contribution < -0.4 is 10.4 Å². The molecule has 0 aliphatic heterocycles. The first-order valence-electron chi connectivity index (χ1n) is 7.24. The summed E-state index contributed by atoms with van der Waals surface area (Å²) in [5.74, 6) is -1.39. The zero-order chi connectivity index (χ0) is 15.9. The Kier molecular flexibility index (Phi) is 5.31. The van der Waals surface area contributed by atoms with Crippen molar-refractivity contribution < 1.29 is 14.7 Å². The van der Waals surface area contributed by atoms with E-state index in [0.717, 1.165) is 5.56 Å². The minimum atomic E-state index is -1.12. The number of carbonyl (C=O) groups is 2. The van der Waals surface area contributed by atoms with Crippen molar-refractivity contribution in [1.29, 1.82) is 0 Å². The standard InChI is InChI=1S/C18H19NO3/c1-2-16(14-6-4-3-5-7-14)18(22)19-15-10-8-13(9-11-15)12-17(20)21/h3-11,16H,2,12H2,1H3,(H,19,22)(H,20,21)/p-1/t16-/m1/s1. The van der Waals surface area contributed by atoms with Crippen molar-refractivity contribution in [3.8, 4) is 0 Å².